The molecule has 4 heteroatoms. The van der Waals surface area contributed by atoms with Gasteiger partial charge in [-0.05, 0) is 85.3 Å². The summed E-state index contributed by atoms with van der Waals surface area (Å²) in [6.07, 6.45) is 9.06. The van der Waals surface area contributed by atoms with Crippen LogP contribution in [0.1, 0.15) is 88.2 Å². The van der Waals surface area contributed by atoms with Crippen LogP contribution in [-0.4, -0.2) is 28.8 Å². The number of rotatable bonds is 4. The average Bonchev–Trinajstić information content (AvgIpc) is 3.41. The van der Waals surface area contributed by atoms with Gasteiger partial charge in [-0.15, -0.1) is 0 Å². The Balaban J connectivity index is 1.23. The summed E-state index contributed by atoms with van der Waals surface area (Å²) in [5, 5.41) is 3.10. The van der Waals surface area contributed by atoms with Crippen molar-refractivity contribution >= 4 is 17.5 Å². The number of nitrogens with zero attached hydrogens (tertiary/aromatic N) is 1. The van der Waals surface area contributed by atoms with Crippen molar-refractivity contribution in [3.05, 3.63) is 29.3 Å². The van der Waals surface area contributed by atoms with Crippen LogP contribution < -0.4 is 5.32 Å². The molecule has 3 heterocycles. The lowest BCUT2D eigenvalue weighted by atomic mass is 9.56. The maximum Gasteiger partial charge on any atom is 0.232 e. The molecule has 4 unspecified atom stereocenters. The number of hydrogen-bond acceptors (Lipinski definition) is 2. The second kappa shape index (κ2) is 6.09. The van der Waals surface area contributed by atoms with Crippen molar-refractivity contribution in [2.24, 2.45) is 17.3 Å². The molecule has 5 fully saturated rings. The first-order valence-electron chi connectivity index (χ1n) is 11.7. The lowest BCUT2D eigenvalue weighted by Crippen LogP contribution is -2.62. The molecule has 4 bridgehead atoms. The van der Waals surface area contributed by atoms with Gasteiger partial charge < -0.3 is 10.2 Å². The molecule has 1 N–H and O–H groups in total. The summed E-state index contributed by atoms with van der Waals surface area (Å²) in [7, 11) is 0. The Kier molecular flexibility index (Phi) is 3.77. The van der Waals surface area contributed by atoms with Gasteiger partial charge in [0.1, 0.15) is 0 Å². The molecular weight excluding hydrogens is 360 g/mol. The summed E-state index contributed by atoms with van der Waals surface area (Å²) < 4.78 is 0. The Morgan fingerprint density at radius 2 is 1.93 bits per heavy atom. The summed E-state index contributed by atoms with van der Waals surface area (Å²) >= 11 is 0. The third-order valence-electron chi connectivity index (χ3n) is 8.60. The van der Waals surface area contributed by atoms with Gasteiger partial charge in [-0.2, -0.15) is 0 Å². The first-order valence-corrected chi connectivity index (χ1v) is 11.7. The fraction of sp³-hybridized carbons (Fsp3) is 0.680. The van der Waals surface area contributed by atoms with Gasteiger partial charge in [-0.3, -0.25) is 9.59 Å². The van der Waals surface area contributed by atoms with E-state index in [2.05, 4.69) is 36.2 Å². The highest BCUT2D eigenvalue weighted by Gasteiger charge is 2.53. The molecule has 1 aromatic rings. The van der Waals surface area contributed by atoms with E-state index in [1.54, 1.807) is 0 Å². The predicted octanol–water partition coefficient (Wildman–Crippen LogP) is 4.81. The molecular formula is C25H32N2O2. The van der Waals surface area contributed by atoms with E-state index in [9.17, 15) is 9.59 Å². The second-order valence-corrected chi connectivity index (χ2v) is 11.1. The van der Waals surface area contributed by atoms with Gasteiger partial charge in [0.05, 0.1) is 5.92 Å². The van der Waals surface area contributed by atoms with Gasteiger partial charge in [0.15, 0.2) is 0 Å². The normalized spacial score (nSPS) is 38.1. The summed E-state index contributed by atoms with van der Waals surface area (Å²) in [6, 6.07) is 7.16. The molecule has 1 aromatic carbocycles. The fourth-order valence-corrected chi connectivity index (χ4v) is 7.59. The van der Waals surface area contributed by atoms with Crippen LogP contribution in [0.4, 0.5) is 5.69 Å². The number of piperidine rings is 2. The molecule has 4 nitrogen and oxygen atoms in total. The topological polar surface area (TPSA) is 49.4 Å². The summed E-state index contributed by atoms with van der Waals surface area (Å²) in [4.78, 5) is 28.6. The van der Waals surface area contributed by atoms with Crippen LogP contribution in [0.15, 0.2) is 18.2 Å². The van der Waals surface area contributed by atoms with Crippen LogP contribution in [0.25, 0.3) is 0 Å². The summed E-state index contributed by atoms with van der Waals surface area (Å²) in [5.41, 5.74) is 3.97. The maximum atomic E-state index is 13.4. The van der Waals surface area contributed by atoms with Crippen molar-refractivity contribution in [2.45, 2.75) is 89.1 Å². The Morgan fingerprint density at radius 1 is 1.21 bits per heavy atom. The third kappa shape index (κ3) is 2.78. The maximum absolute atomic E-state index is 13.4. The Labute approximate surface area is 173 Å². The molecule has 29 heavy (non-hydrogen) atoms. The summed E-state index contributed by atoms with van der Waals surface area (Å²) in [6.45, 7) is 4.54. The quantitative estimate of drug-likeness (QED) is 0.800. The smallest absolute Gasteiger partial charge is 0.232 e. The van der Waals surface area contributed by atoms with Gasteiger partial charge in [0, 0.05) is 24.2 Å². The molecule has 154 valence electrons. The van der Waals surface area contributed by atoms with E-state index in [0.29, 0.717) is 35.7 Å². The van der Waals surface area contributed by atoms with Crippen LogP contribution in [0.5, 0.6) is 0 Å². The van der Waals surface area contributed by atoms with Crippen LogP contribution in [-0.2, 0) is 9.59 Å². The molecule has 6 aliphatic rings. The minimum atomic E-state index is -0.179. The monoisotopic (exact) mass is 392 g/mol. The van der Waals surface area contributed by atoms with Crippen molar-refractivity contribution in [3.8, 4) is 0 Å². The van der Waals surface area contributed by atoms with Crippen LogP contribution >= 0.6 is 0 Å². The molecule has 0 spiro atoms. The van der Waals surface area contributed by atoms with E-state index < -0.39 is 0 Å². The zero-order chi connectivity index (χ0) is 19.9. The molecule has 4 atom stereocenters. The molecule has 0 aromatic heterocycles. The van der Waals surface area contributed by atoms with E-state index in [-0.39, 0.29) is 17.7 Å². The highest BCUT2D eigenvalue weighted by atomic mass is 16.2. The minimum absolute atomic E-state index is 0.0384. The minimum Gasteiger partial charge on any atom is -0.337 e. The van der Waals surface area contributed by atoms with Crippen LogP contribution in [0, 0.1) is 17.3 Å². The number of amides is 2. The number of nitrogens with one attached hydrogen (secondary N) is 1. The van der Waals surface area contributed by atoms with Gasteiger partial charge in [0.25, 0.3) is 0 Å². The largest absolute Gasteiger partial charge is 0.337 e. The highest BCUT2D eigenvalue weighted by molar-refractivity contribution is 6.04. The number of fused-ring (bicyclic) bond motifs is 1. The number of hydrogen-bond donors (Lipinski definition) is 1. The molecule has 7 rings (SSSR count). The van der Waals surface area contributed by atoms with Gasteiger partial charge >= 0.3 is 0 Å². The van der Waals surface area contributed by atoms with Gasteiger partial charge in [-0.1, -0.05) is 26.0 Å². The SMILES string of the molecule is CC(CC(=O)N1C2CC3CC1CC(C)(C3)C2)C1C(=O)Nc2cccc(C3CC3)c21. The van der Waals surface area contributed by atoms with Crippen molar-refractivity contribution in [2.75, 3.05) is 5.32 Å². The molecule has 2 amide bonds. The standard InChI is InChI=1S/C25H32N2O2/c1-14(22-23-19(16-6-7-16)4-3-5-20(23)26-24(22)29)8-21(28)27-17-9-15-10-18(27)13-25(2,11-15)12-17/h3-5,14-18,22H,6-13H2,1-2H3,(H,26,29). The van der Waals surface area contributed by atoms with Gasteiger partial charge in [-0.25, -0.2) is 0 Å². The van der Waals surface area contributed by atoms with Crippen molar-refractivity contribution in [3.63, 3.8) is 0 Å². The highest BCUT2D eigenvalue weighted by Crippen LogP contribution is 2.56. The first kappa shape index (κ1) is 18.0. The van der Waals surface area contributed by atoms with E-state index in [4.69, 9.17) is 0 Å². The molecule has 2 saturated heterocycles. The van der Waals surface area contributed by atoms with Crippen LogP contribution in [0.3, 0.4) is 0 Å². The first-order chi connectivity index (χ1) is 13.9. The number of anilines is 1. The van der Waals surface area contributed by atoms with Gasteiger partial charge in [0.2, 0.25) is 11.8 Å². The lowest BCUT2D eigenvalue weighted by molar-refractivity contribution is -0.157. The zero-order valence-corrected chi connectivity index (χ0v) is 17.6. The molecule has 0 radical (unpaired) electrons. The summed E-state index contributed by atoms with van der Waals surface area (Å²) in [5.74, 6) is 1.67. The van der Waals surface area contributed by atoms with E-state index in [1.807, 2.05) is 6.07 Å². The third-order valence-corrected chi connectivity index (χ3v) is 8.60. The number of carbonyl (C=O) groups is 2. The van der Waals surface area contributed by atoms with E-state index in [0.717, 1.165) is 11.6 Å². The Hall–Kier alpha value is -1.84. The van der Waals surface area contributed by atoms with Crippen molar-refractivity contribution in [1.29, 1.82) is 0 Å². The zero-order valence-electron chi connectivity index (χ0n) is 17.6. The van der Waals surface area contributed by atoms with E-state index in [1.165, 1.54) is 56.1 Å². The Morgan fingerprint density at radius 3 is 2.59 bits per heavy atom. The number of carbonyl (C=O) groups excluding carboxylic acids is 2. The fourth-order valence-electron chi connectivity index (χ4n) is 7.59. The van der Waals surface area contributed by atoms with Crippen LogP contribution in [0.2, 0.25) is 0 Å². The van der Waals surface area contributed by atoms with E-state index >= 15 is 0 Å². The molecule has 3 aliphatic heterocycles. The molecule has 3 saturated carbocycles. The lowest BCUT2D eigenvalue weighted by Gasteiger charge is -2.61. The second-order valence-electron chi connectivity index (χ2n) is 11.1. The Bertz CT molecular complexity index is 873. The van der Waals surface area contributed by atoms with Crippen molar-refractivity contribution in [1.82, 2.24) is 4.90 Å². The number of benzene rings is 1. The average molecular weight is 393 g/mol. The van der Waals surface area contributed by atoms with Crippen molar-refractivity contribution < 1.29 is 9.59 Å². The molecule has 3 aliphatic carbocycles. The predicted molar refractivity (Wildman–Crippen MR) is 113 cm³/mol.